The number of carbonyl (C=O) groups excluding carboxylic acids is 2. The van der Waals surface area contributed by atoms with E-state index in [1.165, 1.54) is 24.3 Å². The van der Waals surface area contributed by atoms with E-state index in [4.69, 9.17) is 11.6 Å². The molecule has 0 N–H and O–H groups in total. The fourth-order valence-corrected chi connectivity index (χ4v) is 4.79. The van der Waals surface area contributed by atoms with Crippen molar-refractivity contribution in [3.63, 3.8) is 0 Å². The molecule has 1 aliphatic heterocycles. The molecule has 0 aromatic heterocycles. The molecule has 35 heavy (non-hydrogen) atoms. The van der Waals surface area contributed by atoms with Crippen LogP contribution >= 0.6 is 11.6 Å². The molecule has 2 unspecified atom stereocenters. The normalized spacial score (nSPS) is 17.3. The maximum Gasteiger partial charge on any atom is 0.259 e. The molecule has 0 bridgehead atoms. The third-order valence-electron chi connectivity index (χ3n) is 6.59. The summed E-state index contributed by atoms with van der Waals surface area (Å²) in [6, 6.07) is 20.3. The van der Waals surface area contributed by atoms with Gasteiger partial charge in [-0.3, -0.25) is 19.4 Å². The predicted octanol–water partition coefficient (Wildman–Crippen LogP) is 6.29. The third-order valence-corrected chi connectivity index (χ3v) is 6.84. The Balaban J connectivity index is 1.86. The fourth-order valence-electron chi connectivity index (χ4n) is 4.66. The number of anilines is 2. The van der Waals surface area contributed by atoms with E-state index in [0.717, 1.165) is 16.9 Å². The molecule has 0 fully saturated rings. The maximum absolute atomic E-state index is 13.8. The molecule has 0 aliphatic carbocycles. The average Bonchev–Trinajstić information content (AvgIpc) is 2.89. The minimum Gasteiger partial charge on any atom is -0.305 e. The number of benzene rings is 3. The lowest BCUT2D eigenvalue weighted by Gasteiger charge is -2.47. The van der Waals surface area contributed by atoms with Crippen LogP contribution < -0.4 is 9.80 Å². The summed E-state index contributed by atoms with van der Waals surface area (Å²) in [5.74, 6) is -0.607. The van der Waals surface area contributed by atoms with E-state index in [9.17, 15) is 14.0 Å². The van der Waals surface area contributed by atoms with E-state index < -0.39 is 0 Å². The summed E-state index contributed by atoms with van der Waals surface area (Å²) in [5.41, 5.74) is 2.80. The molecule has 2 amide bonds. The molecule has 0 spiro atoms. The van der Waals surface area contributed by atoms with E-state index in [2.05, 4.69) is 4.90 Å². The SMILES string of the molecule is CCC(=O)N(c1ccc(Cl)cc1)C1CC(N(C)CC)N(C(=O)c2ccc(F)cc2)c2ccccc21. The Morgan fingerprint density at radius 2 is 1.66 bits per heavy atom. The summed E-state index contributed by atoms with van der Waals surface area (Å²) in [4.78, 5) is 32.7. The predicted molar refractivity (Wildman–Crippen MR) is 138 cm³/mol. The van der Waals surface area contributed by atoms with Gasteiger partial charge in [0.15, 0.2) is 0 Å². The molecule has 4 rings (SSSR count). The largest absolute Gasteiger partial charge is 0.305 e. The highest BCUT2D eigenvalue weighted by atomic mass is 35.5. The molecule has 0 saturated carbocycles. The van der Waals surface area contributed by atoms with Gasteiger partial charge >= 0.3 is 0 Å². The lowest BCUT2D eigenvalue weighted by atomic mass is 9.90. The monoisotopic (exact) mass is 493 g/mol. The Morgan fingerprint density at radius 3 is 2.29 bits per heavy atom. The molecule has 0 saturated heterocycles. The minimum atomic E-state index is -0.389. The second-order valence-corrected chi connectivity index (χ2v) is 9.08. The second kappa shape index (κ2) is 10.6. The van der Waals surface area contributed by atoms with Gasteiger partial charge in [-0.2, -0.15) is 0 Å². The first-order valence-electron chi connectivity index (χ1n) is 11.8. The van der Waals surface area contributed by atoms with Crippen LogP contribution in [0, 0.1) is 5.82 Å². The van der Waals surface area contributed by atoms with Crippen molar-refractivity contribution in [3.8, 4) is 0 Å². The number of hydrogen-bond acceptors (Lipinski definition) is 3. The first-order chi connectivity index (χ1) is 16.8. The lowest BCUT2D eigenvalue weighted by Crippen LogP contribution is -2.55. The molecule has 3 aromatic rings. The number of carbonyl (C=O) groups is 2. The number of fused-ring (bicyclic) bond motifs is 1. The zero-order valence-corrected chi connectivity index (χ0v) is 20.9. The molecule has 3 aromatic carbocycles. The van der Waals surface area contributed by atoms with Crippen molar-refractivity contribution in [2.75, 3.05) is 23.4 Å². The zero-order valence-electron chi connectivity index (χ0n) is 20.1. The molecule has 7 heteroatoms. The van der Waals surface area contributed by atoms with Crippen LogP contribution in [0.1, 0.15) is 48.7 Å². The van der Waals surface area contributed by atoms with Gasteiger partial charge in [-0.1, -0.05) is 43.6 Å². The van der Waals surface area contributed by atoms with Crippen molar-refractivity contribution in [1.29, 1.82) is 0 Å². The number of hydrogen-bond donors (Lipinski definition) is 0. The van der Waals surface area contributed by atoms with Crippen LogP contribution in [0.15, 0.2) is 72.8 Å². The van der Waals surface area contributed by atoms with Gasteiger partial charge in [0.05, 0.1) is 17.9 Å². The van der Waals surface area contributed by atoms with Crippen LogP contribution in [0.4, 0.5) is 15.8 Å². The molecule has 1 heterocycles. The molecular formula is C28H29ClFN3O2. The standard InChI is InChI=1S/C28H29ClFN3O2/c1-4-27(34)32(22-16-12-20(29)13-17-22)25-18-26(31(3)5-2)33(24-9-7-6-8-23(24)25)28(35)19-10-14-21(30)15-11-19/h6-17,25-26H,4-5,18H2,1-3H3. The smallest absolute Gasteiger partial charge is 0.259 e. The van der Waals surface area contributed by atoms with Crippen molar-refractivity contribution >= 4 is 34.8 Å². The van der Waals surface area contributed by atoms with Gasteiger partial charge in [-0.25, -0.2) is 4.39 Å². The number of para-hydroxylation sites is 1. The van der Waals surface area contributed by atoms with E-state index >= 15 is 0 Å². The van der Waals surface area contributed by atoms with Crippen molar-refractivity contribution in [1.82, 2.24) is 4.90 Å². The molecule has 5 nitrogen and oxygen atoms in total. The number of halogens is 2. The van der Waals surface area contributed by atoms with Crippen LogP contribution in [0.25, 0.3) is 0 Å². The van der Waals surface area contributed by atoms with Crippen molar-refractivity contribution in [2.24, 2.45) is 0 Å². The highest BCUT2D eigenvalue weighted by Crippen LogP contribution is 2.43. The van der Waals surface area contributed by atoms with E-state index in [1.807, 2.05) is 62.2 Å². The molecule has 2 atom stereocenters. The first-order valence-corrected chi connectivity index (χ1v) is 12.2. The first kappa shape index (κ1) is 24.9. The quantitative estimate of drug-likeness (QED) is 0.405. The van der Waals surface area contributed by atoms with Crippen LogP contribution in [0.3, 0.4) is 0 Å². The number of rotatable bonds is 6. The van der Waals surface area contributed by atoms with Crippen molar-refractivity contribution < 1.29 is 14.0 Å². The van der Waals surface area contributed by atoms with Gasteiger partial charge in [0.1, 0.15) is 5.82 Å². The summed E-state index contributed by atoms with van der Waals surface area (Å²) in [6.45, 7) is 4.58. The van der Waals surface area contributed by atoms with Crippen molar-refractivity contribution in [3.05, 3.63) is 94.8 Å². The maximum atomic E-state index is 13.8. The van der Waals surface area contributed by atoms with Gasteiger partial charge < -0.3 is 4.90 Å². The van der Waals surface area contributed by atoms with Crippen LogP contribution in [0.5, 0.6) is 0 Å². The highest BCUT2D eigenvalue weighted by Gasteiger charge is 2.41. The third kappa shape index (κ3) is 4.95. The minimum absolute atomic E-state index is 0.0108. The topological polar surface area (TPSA) is 43.9 Å². The van der Waals surface area contributed by atoms with Gasteiger partial charge in [0.25, 0.3) is 5.91 Å². The Hall–Kier alpha value is -3.22. The molecule has 1 aliphatic rings. The van der Waals surface area contributed by atoms with Crippen LogP contribution in [-0.4, -0.2) is 36.5 Å². The summed E-state index contributed by atoms with van der Waals surface area (Å²) >= 11 is 6.12. The number of amides is 2. The summed E-state index contributed by atoms with van der Waals surface area (Å²) in [5, 5.41) is 0.598. The Bertz CT molecular complexity index is 1200. The van der Waals surface area contributed by atoms with E-state index in [-0.39, 0.29) is 29.8 Å². The number of nitrogens with zero attached hydrogens (tertiary/aromatic N) is 3. The highest BCUT2D eigenvalue weighted by molar-refractivity contribution is 6.30. The Labute approximate surface area is 210 Å². The van der Waals surface area contributed by atoms with Gasteiger partial charge in [0.2, 0.25) is 5.91 Å². The lowest BCUT2D eigenvalue weighted by molar-refractivity contribution is -0.119. The van der Waals surface area contributed by atoms with Gasteiger partial charge in [-0.15, -0.1) is 0 Å². The van der Waals surface area contributed by atoms with Gasteiger partial charge in [-0.05, 0) is 73.8 Å². The Kier molecular flexibility index (Phi) is 7.53. The second-order valence-electron chi connectivity index (χ2n) is 8.64. The molecule has 0 radical (unpaired) electrons. The van der Waals surface area contributed by atoms with E-state index in [1.54, 1.807) is 17.0 Å². The summed E-state index contributed by atoms with van der Waals surface area (Å²) in [6.07, 6.45) is 0.549. The van der Waals surface area contributed by atoms with Gasteiger partial charge in [0, 0.05) is 29.1 Å². The summed E-state index contributed by atoms with van der Waals surface area (Å²) in [7, 11) is 1.97. The van der Waals surface area contributed by atoms with Crippen LogP contribution in [0.2, 0.25) is 5.02 Å². The summed E-state index contributed by atoms with van der Waals surface area (Å²) < 4.78 is 13.5. The van der Waals surface area contributed by atoms with E-state index in [0.29, 0.717) is 30.0 Å². The zero-order chi connectivity index (χ0) is 25.1. The Morgan fingerprint density at radius 1 is 1.00 bits per heavy atom. The average molecular weight is 494 g/mol. The van der Waals surface area contributed by atoms with Crippen molar-refractivity contribution in [2.45, 2.75) is 38.9 Å². The fraction of sp³-hybridized carbons (Fsp3) is 0.286. The van der Waals surface area contributed by atoms with Crippen LogP contribution in [-0.2, 0) is 4.79 Å². The molecule has 182 valence electrons. The molecular weight excluding hydrogens is 465 g/mol.